The number of fused-ring (bicyclic) bond motifs is 1. The number of aliphatic hydroxyl groups is 1. The number of rotatable bonds is 3. The van der Waals surface area contributed by atoms with Gasteiger partial charge in [-0.2, -0.15) is 0 Å². The van der Waals surface area contributed by atoms with Crippen molar-refractivity contribution in [2.45, 2.75) is 25.4 Å². The highest BCUT2D eigenvalue weighted by Gasteiger charge is 2.29. The molecule has 1 saturated carbocycles. The minimum atomic E-state index is -0.355. The highest BCUT2D eigenvalue weighted by molar-refractivity contribution is 5.59. The van der Waals surface area contributed by atoms with Crippen LogP contribution in [0.1, 0.15) is 24.8 Å². The summed E-state index contributed by atoms with van der Waals surface area (Å²) in [6.07, 6.45) is 4.97. The molecule has 2 atom stereocenters. The number of benzene rings is 1. The number of morpholine rings is 1. The van der Waals surface area contributed by atoms with E-state index in [2.05, 4.69) is 11.0 Å². The smallest absolute Gasteiger partial charge is 0.231 e. The van der Waals surface area contributed by atoms with Gasteiger partial charge in [0.1, 0.15) is 0 Å². The summed E-state index contributed by atoms with van der Waals surface area (Å²) < 4.78 is 16.2. The summed E-state index contributed by atoms with van der Waals surface area (Å²) >= 11 is 0. The molecule has 2 fully saturated rings. The molecule has 0 spiro atoms. The lowest BCUT2D eigenvalue weighted by Crippen LogP contribution is -2.43. The molecular weight excluding hydrogens is 306 g/mol. The first-order valence-corrected chi connectivity index (χ1v) is 8.88. The van der Waals surface area contributed by atoms with Crippen molar-refractivity contribution in [1.29, 1.82) is 0 Å². The fraction of sp³-hybridized carbons (Fsp3) is 0.579. The number of hydrogen-bond donors (Lipinski definition) is 1. The molecule has 3 aliphatic rings. The van der Waals surface area contributed by atoms with Crippen molar-refractivity contribution in [2.75, 3.05) is 39.6 Å². The molecule has 2 aliphatic heterocycles. The van der Waals surface area contributed by atoms with Crippen molar-refractivity contribution in [3.8, 4) is 11.5 Å². The van der Waals surface area contributed by atoms with Gasteiger partial charge in [-0.25, -0.2) is 0 Å². The van der Waals surface area contributed by atoms with Crippen molar-refractivity contribution < 1.29 is 19.3 Å². The quantitative estimate of drug-likeness (QED) is 0.921. The Hall–Kier alpha value is -1.56. The maximum absolute atomic E-state index is 10.8. The summed E-state index contributed by atoms with van der Waals surface area (Å²) in [7, 11) is 0. The normalized spacial score (nSPS) is 29.1. The van der Waals surface area contributed by atoms with Crippen LogP contribution in [0.4, 0.5) is 0 Å². The zero-order valence-corrected chi connectivity index (χ0v) is 13.9. The predicted molar refractivity (Wildman–Crippen MR) is 91.1 cm³/mol. The van der Waals surface area contributed by atoms with Gasteiger partial charge < -0.3 is 19.3 Å². The van der Waals surface area contributed by atoms with Crippen LogP contribution in [0.2, 0.25) is 0 Å². The Labute approximate surface area is 142 Å². The lowest BCUT2D eigenvalue weighted by atomic mass is 9.81. The molecule has 5 heteroatoms. The molecule has 2 heterocycles. The lowest BCUT2D eigenvalue weighted by molar-refractivity contribution is 0.0126. The third-order valence-corrected chi connectivity index (χ3v) is 5.21. The number of nitrogens with zero attached hydrogens (tertiary/aromatic N) is 1. The third-order valence-electron chi connectivity index (χ3n) is 5.21. The molecule has 0 amide bonds. The summed E-state index contributed by atoms with van der Waals surface area (Å²) in [5.41, 5.74) is 2.21. The molecule has 1 aliphatic carbocycles. The molecule has 4 rings (SSSR count). The minimum absolute atomic E-state index is 0.291. The lowest BCUT2D eigenvalue weighted by Gasteiger charge is -2.36. The Morgan fingerprint density at radius 2 is 2.00 bits per heavy atom. The molecule has 1 saturated heterocycles. The molecule has 1 aromatic carbocycles. The molecule has 0 bridgehead atoms. The Morgan fingerprint density at radius 3 is 2.88 bits per heavy atom. The Bertz CT molecular complexity index is 609. The number of hydrogen-bond acceptors (Lipinski definition) is 5. The van der Waals surface area contributed by atoms with Crippen LogP contribution >= 0.6 is 0 Å². The average Bonchev–Trinajstić information content (AvgIpc) is 3.07. The molecule has 130 valence electrons. The van der Waals surface area contributed by atoms with Crippen LogP contribution in [0.5, 0.6) is 11.5 Å². The van der Waals surface area contributed by atoms with E-state index in [9.17, 15) is 5.11 Å². The van der Waals surface area contributed by atoms with Gasteiger partial charge >= 0.3 is 0 Å². The Balaban J connectivity index is 1.46. The van der Waals surface area contributed by atoms with Crippen LogP contribution < -0.4 is 9.47 Å². The first-order valence-electron chi connectivity index (χ1n) is 8.88. The predicted octanol–water partition coefficient (Wildman–Crippen LogP) is 2.29. The van der Waals surface area contributed by atoms with Gasteiger partial charge in [0, 0.05) is 25.6 Å². The van der Waals surface area contributed by atoms with E-state index in [0.717, 1.165) is 74.7 Å². The molecule has 0 radical (unpaired) electrons. The van der Waals surface area contributed by atoms with E-state index in [0.29, 0.717) is 12.7 Å². The summed E-state index contributed by atoms with van der Waals surface area (Å²) in [6.45, 7) is 4.82. The minimum Gasteiger partial charge on any atom is -0.454 e. The average molecular weight is 331 g/mol. The van der Waals surface area contributed by atoms with Crippen molar-refractivity contribution >= 4 is 6.08 Å². The maximum atomic E-state index is 10.8. The third kappa shape index (κ3) is 3.43. The zero-order valence-electron chi connectivity index (χ0n) is 13.9. The molecular formula is C19H25NO4. The van der Waals surface area contributed by atoms with Crippen LogP contribution in [0.15, 0.2) is 23.8 Å². The standard InChI is InChI=1S/C19H25NO4/c21-19-15(10-14-4-5-17-18(11-14)24-13-23-17)2-1-3-16(19)12-20-6-8-22-9-7-20/h4-5,10-11,16,19,21H,1-3,6-9,12-13H2/b15-10+. The first kappa shape index (κ1) is 15.9. The first-order chi connectivity index (χ1) is 11.8. The van der Waals surface area contributed by atoms with Crippen LogP contribution in [0.25, 0.3) is 6.08 Å². The SMILES string of the molecule is OC1/C(=C/c2ccc3c(c2)OCO3)CCCC1CN1CCOCC1. The van der Waals surface area contributed by atoms with Crippen molar-refractivity contribution in [3.63, 3.8) is 0 Å². The molecule has 5 nitrogen and oxygen atoms in total. The van der Waals surface area contributed by atoms with Gasteiger partial charge in [-0.15, -0.1) is 0 Å². The summed E-state index contributed by atoms with van der Waals surface area (Å²) in [5.74, 6) is 1.91. The Kier molecular flexibility index (Phi) is 4.74. The van der Waals surface area contributed by atoms with E-state index in [-0.39, 0.29) is 6.10 Å². The van der Waals surface area contributed by atoms with Gasteiger partial charge in [-0.05, 0) is 42.5 Å². The largest absolute Gasteiger partial charge is 0.454 e. The summed E-state index contributed by atoms with van der Waals surface area (Å²) in [5, 5.41) is 10.8. The molecule has 0 aromatic heterocycles. The van der Waals surface area contributed by atoms with E-state index < -0.39 is 0 Å². The van der Waals surface area contributed by atoms with E-state index in [1.165, 1.54) is 0 Å². The van der Waals surface area contributed by atoms with Gasteiger partial charge in [0.15, 0.2) is 11.5 Å². The van der Waals surface area contributed by atoms with Crippen LogP contribution in [-0.2, 0) is 4.74 Å². The van der Waals surface area contributed by atoms with Crippen LogP contribution in [0, 0.1) is 5.92 Å². The second kappa shape index (κ2) is 7.13. The fourth-order valence-electron chi connectivity index (χ4n) is 3.86. The van der Waals surface area contributed by atoms with Crippen molar-refractivity contribution in [3.05, 3.63) is 29.3 Å². The van der Waals surface area contributed by atoms with E-state index in [4.69, 9.17) is 14.2 Å². The zero-order chi connectivity index (χ0) is 16.4. The molecule has 2 unspecified atom stereocenters. The highest BCUT2D eigenvalue weighted by atomic mass is 16.7. The van der Waals surface area contributed by atoms with Gasteiger partial charge in [-0.1, -0.05) is 12.1 Å². The maximum Gasteiger partial charge on any atom is 0.231 e. The van der Waals surface area contributed by atoms with Crippen LogP contribution in [0.3, 0.4) is 0 Å². The van der Waals surface area contributed by atoms with Gasteiger partial charge in [0.25, 0.3) is 0 Å². The second-order valence-electron chi connectivity index (χ2n) is 6.84. The highest BCUT2D eigenvalue weighted by Crippen LogP contribution is 2.35. The molecule has 1 N–H and O–H groups in total. The van der Waals surface area contributed by atoms with E-state index in [1.54, 1.807) is 0 Å². The van der Waals surface area contributed by atoms with Crippen LogP contribution in [-0.4, -0.2) is 55.8 Å². The fourth-order valence-corrected chi connectivity index (χ4v) is 3.86. The Morgan fingerprint density at radius 1 is 1.17 bits per heavy atom. The topological polar surface area (TPSA) is 51.2 Å². The second-order valence-corrected chi connectivity index (χ2v) is 6.84. The summed E-state index contributed by atoms with van der Waals surface area (Å²) in [4.78, 5) is 2.42. The summed E-state index contributed by atoms with van der Waals surface area (Å²) in [6, 6.07) is 5.96. The van der Waals surface area contributed by atoms with Gasteiger partial charge in [-0.3, -0.25) is 4.90 Å². The van der Waals surface area contributed by atoms with Gasteiger partial charge in [0.05, 0.1) is 19.3 Å². The van der Waals surface area contributed by atoms with Gasteiger partial charge in [0.2, 0.25) is 6.79 Å². The molecule has 24 heavy (non-hydrogen) atoms. The van der Waals surface area contributed by atoms with Crippen molar-refractivity contribution in [2.24, 2.45) is 5.92 Å². The van der Waals surface area contributed by atoms with E-state index in [1.807, 2.05) is 18.2 Å². The number of aliphatic hydroxyl groups excluding tert-OH is 1. The monoisotopic (exact) mass is 331 g/mol. The molecule has 1 aromatic rings. The van der Waals surface area contributed by atoms with E-state index >= 15 is 0 Å². The van der Waals surface area contributed by atoms with Crippen molar-refractivity contribution in [1.82, 2.24) is 4.90 Å². The number of ether oxygens (including phenoxy) is 3.